The number of amides is 1. The number of nitrogens with one attached hydrogen (secondary N) is 1. The van der Waals surface area contributed by atoms with Crippen LogP contribution in [0, 0.1) is 6.92 Å². The maximum Gasteiger partial charge on any atom is 0.350 e. The highest BCUT2D eigenvalue weighted by molar-refractivity contribution is 7.17. The fourth-order valence-electron chi connectivity index (χ4n) is 2.09. The number of aromatic nitrogens is 1. The molecular formula is C17H20N2O3S. The van der Waals surface area contributed by atoms with Crippen molar-refractivity contribution in [1.29, 1.82) is 0 Å². The van der Waals surface area contributed by atoms with Crippen LogP contribution in [0.15, 0.2) is 24.3 Å². The Kier molecular flexibility index (Phi) is 5.87. The van der Waals surface area contributed by atoms with Gasteiger partial charge in [-0.3, -0.25) is 4.79 Å². The van der Waals surface area contributed by atoms with Crippen LogP contribution >= 0.6 is 11.3 Å². The fourth-order valence-corrected chi connectivity index (χ4v) is 3.08. The van der Waals surface area contributed by atoms with Gasteiger partial charge in [-0.15, -0.1) is 0 Å². The van der Waals surface area contributed by atoms with Gasteiger partial charge < -0.3 is 10.1 Å². The van der Waals surface area contributed by atoms with Gasteiger partial charge >= 0.3 is 5.97 Å². The molecular weight excluding hydrogens is 312 g/mol. The average molecular weight is 332 g/mol. The van der Waals surface area contributed by atoms with Gasteiger partial charge in [-0.25, -0.2) is 9.78 Å². The number of methoxy groups -OCH3 is 1. The lowest BCUT2D eigenvalue weighted by atomic mass is 10.1. The molecule has 0 fully saturated rings. The predicted octanol–water partition coefficient (Wildman–Crippen LogP) is 3.37. The van der Waals surface area contributed by atoms with E-state index >= 15 is 0 Å². The molecule has 0 saturated carbocycles. The number of ether oxygens (including phenoxy) is 1. The molecule has 0 saturated heterocycles. The molecule has 122 valence electrons. The summed E-state index contributed by atoms with van der Waals surface area (Å²) in [5, 5.41) is 3.20. The van der Waals surface area contributed by atoms with E-state index in [4.69, 9.17) is 4.74 Å². The molecule has 0 radical (unpaired) electrons. The number of hydrogen-bond acceptors (Lipinski definition) is 5. The predicted molar refractivity (Wildman–Crippen MR) is 91.0 cm³/mol. The Balaban J connectivity index is 1.96. The Morgan fingerprint density at radius 3 is 2.57 bits per heavy atom. The molecule has 2 rings (SSSR count). The third kappa shape index (κ3) is 4.63. The molecule has 6 heteroatoms. The van der Waals surface area contributed by atoms with Gasteiger partial charge in [0.15, 0.2) is 5.13 Å². The van der Waals surface area contributed by atoms with Crippen molar-refractivity contribution in [1.82, 2.24) is 4.98 Å². The molecule has 1 aromatic carbocycles. The lowest BCUT2D eigenvalue weighted by molar-refractivity contribution is -0.116. The zero-order valence-electron chi connectivity index (χ0n) is 13.5. The van der Waals surface area contributed by atoms with E-state index in [1.54, 1.807) is 0 Å². The number of anilines is 1. The normalized spacial score (nSPS) is 10.4. The van der Waals surface area contributed by atoms with Gasteiger partial charge in [0.2, 0.25) is 5.91 Å². The van der Waals surface area contributed by atoms with Crippen molar-refractivity contribution >= 4 is 28.3 Å². The number of nitrogens with zero attached hydrogens (tertiary/aromatic N) is 1. The lowest BCUT2D eigenvalue weighted by Crippen LogP contribution is -2.12. The SMILES string of the molecule is CCc1nc(NC(=O)CCc2ccc(C)cc2)sc1C(=O)OC. The Bertz CT molecular complexity index is 692. The Morgan fingerprint density at radius 2 is 1.96 bits per heavy atom. The number of esters is 1. The number of rotatable bonds is 6. The van der Waals surface area contributed by atoms with Crippen LogP contribution in [0.3, 0.4) is 0 Å². The Labute approximate surface area is 139 Å². The molecule has 2 aromatic rings. The molecule has 0 aliphatic carbocycles. The van der Waals surface area contributed by atoms with Crippen LogP contribution < -0.4 is 5.32 Å². The summed E-state index contributed by atoms with van der Waals surface area (Å²) >= 11 is 1.15. The molecule has 0 aliphatic heterocycles. The summed E-state index contributed by atoms with van der Waals surface area (Å²) in [6.07, 6.45) is 1.65. The number of carbonyl (C=O) groups is 2. The quantitative estimate of drug-likeness (QED) is 0.824. The fraction of sp³-hybridized carbons (Fsp3) is 0.353. The van der Waals surface area contributed by atoms with E-state index in [0.29, 0.717) is 35.0 Å². The highest BCUT2D eigenvalue weighted by Crippen LogP contribution is 2.24. The van der Waals surface area contributed by atoms with Gasteiger partial charge in [-0.05, 0) is 25.3 Å². The molecule has 0 atom stereocenters. The van der Waals surface area contributed by atoms with Crippen molar-refractivity contribution in [2.45, 2.75) is 33.1 Å². The first-order valence-corrected chi connectivity index (χ1v) is 8.28. The zero-order chi connectivity index (χ0) is 16.8. The van der Waals surface area contributed by atoms with Gasteiger partial charge in [0.05, 0.1) is 12.8 Å². The summed E-state index contributed by atoms with van der Waals surface area (Å²) in [6.45, 7) is 3.94. The summed E-state index contributed by atoms with van der Waals surface area (Å²) < 4.78 is 4.73. The number of carbonyl (C=O) groups excluding carboxylic acids is 2. The molecule has 23 heavy (non-hydrogen) atoms. The van der Waals surface area contributed by atoms with Crippen LogP contribution in [-0.2, 0) is 22.4 Å². The highest BCUT2D eigenvalue weighted by atomic mass is 32.1. The average Bonchev–Trinajstić information content (AvgIpc) is 2.96. The molecule has 1 heterocycles. The van der Waals surface area contributed by atoms with Crippen LogP contribution in [-0.4, -0.2) is 24.0 Å². The van der Waals surface area contributed by atoms with Gasteiger partial charge in [-0.2, -0.15) is 0 Å². The van der Waals surface area contributed by atoms with Crippen LogP contribution in [0.1, 0.15) is 39.8 Å². The standard InChI is InChI=1S/C17H20N2O3S/c1-4-13-15(16(21)22-3)23-17(18-13)19-14(20)10-9-12-7-5-11(2)6-8-12/h5-8H,4,9-10H2,1-3H3,(H,18,19,20). The molecule has 1 N–H and O–H groups in total. The van der Waals surface area contributed by atoms with Gasteiger partial charge in [0.25, 0.3) is 0 Å². The molecule has 1 amide bonds. The molecule has 1 aromatic heterocycles. The van der Waals surface area contributed by atoms with E-state index in [9.17, 15) is 9.59 Å². The van der Waals surface area contributed by atoms with E-state index in [1.165, 1.54) is 12.7 Å². The van der Waals surface area contributed by atoms with Gasteiger partial charge in [0.1, 0.15) is 4.88 Å². The van der Waals surface area contributed by atoms with E-state index in [-0.39, 0.29) is 5.91 Å². The van der Waals surface area contributed by atoms with Crippen molar-refractivity contribution in [2.24, 2.45) is 0 Å². The Hall–Kier alpha value is -2.21. The smallest absolute Gasteiger partial charge is 0.350 e. The zero-order valence-corrected chi connectivity index (χ0v) is 14.3. The monoisotopic (exact) mass is 332 g/mol. The minimum Gasteiger partial charge on any atom is -0.465 e. The molecule has 0 bridgehead atoms. The van der Waals surface area contributed by atoms with Crippen molar-refractivity contribution in [2.75, 3.05) is 12.4 Å². The topological polar surface area (TPSA) is 68.3 Å². The molecule has 0 aliphatic rings. The number of aryl methyl sites for hydroxylation is 3. The van der Waals surface area contributed by atoms with Gasteiger partial charge in [-0.1, -0.05) is 48.1 Å². The first kappa shape index (κ1) is 17.1. The maximum atomic E-state index is 12.0. The Morgan fingerprint density at radius 1 is 1.26 bits per heavy atom. The first-order valence-electron chi connectivity index (χ1n) is 7.47. The van der Waals surface area contributed by atoms with Crippen LogP contribution in [0.25, 0.3) is 0 Å². The minimum absolute atomic E-state index is 0.113. The summed E-state index contributed by atoms with van der Waals surface area (Å²) in [6, 6.07) is 8.11. The van der Waals surface area contributed by atoms with Crippen molar-refractivity contribution in [3.63, 3.8) is 0 Å². The number of thiazole rings is 1. The van der Waals surface area contributed by atoms with E-state index in [1.807, 2.05) is 38.1 Å². The second kappa shape index (κ2) is 7.87. The van der Waals surface area contributed by atoms with E-state index in [2.05, 4.69) is 10.3 Å². The van der Waals surface area contributed by atoms with Crippen LogP contribution in [0.2, 0.25) is 0 Å². The summed E-state index contributed by atoms with van der Waals surface area (Å²) in [5.74, 6) is -0.530. The van der Waals surface area contributed by atoms with Crippen molar-refractivity contribution < 1.29 is 14.3 Å². The first-order chi connectivity index (χ1) is 11.0. The van der Waals surface area contributed by atoms with E-state index < -0.39 is 5.97 Å². The second-order valence-corrected chi connectivity index (χ2v) is 6.17. The molecule has 0 spiro atoms. The third-order valence-electron chi connectivity index (χ3n) is 3.41. The highest BCUT2D eigenvalue weighted by Gasteiger charge is 2.18. The summed E-state index contributed by atoms with van der Waals surface area (Å²) in [4.78, 5) is 28.4. The summed E-state index contributed by atoms with van der Waals surface area (Å²) in [7, 11) is 1.33. The summed E-state index contributed by atoms with van der Waals surface area (Å²) in [5.41, 5.74) is 2.97. The second-order valence-electron chi connectivity index (χ2n) is 5.17. The van der Waals surface area contributed by atoms with Crippen LogP contribution in [0.4, 0.5) is 5.13 Å². The van der Waals surface area contributed by atoms with Gasteiger partial charge in [0, 0.05) is 6.42 Å². The minimum atomic E-state index is -0.417. The largest absolute Gasteiger partial charge is 0.465 e. The lowest BCUT2D eigenvalue weighted by Gasteiger charge is -2.02. The van der Waals surface area contributed by atoms with Crippen molar-refractivity contribution in [3.8, 4) is 0 Å². The van der Waals surface area contributed by atoms with Crippen molar-refractivity contribution in [3.05, 3.63) is 46.0 Å². The number of hydrogen-bond donors (Lipinski definition) is 1. The third-order valence-corrected chi connectivity index (χ3v) is 4.40. The van der Waals surface area contributed by atoms with E-state index in [0.717, 1.165) is 16.9 Å². The number of benzene rings is 1. The molecule has 0 unspecified atom stereocenters. The van der Waals surface area contributed by atoms with Crippen LogP contribution in [0.5, 0.6) is 0 Å². The molecule has 5 nitrogen and oxygen atoms in total. The maximum absolute atomic E-state index is 12.0.